The number of ether oxygens (including phenoxy) is 2. The number of hydrogen-bond acceptors (Lipinski definition) is 5. The van der Waals surface area contributed by atoms with Crippen molar-refractivity contribution in [3.8, 4) is 11.5 Å². The van der Waals surface area contributed by atoms with Crippen LogP contribution in [-0.4, -0.2) is 18.2 Å². The number of amides is 1. The molecule has 5 nitrogen and oxygen atoms in total. The number of aliphatic imine (C=N–C) groups is 1. The SMILES string of the molecule is COc1ccc(N=C2NC(=O)/C(=C/c3cc(Cl)c(OCc4ccc(Cl)cc4)c(Cl)c3)S2)cc1. The molecule has 0 aliphatic carbocycles. The Hall–Kier alpha value is -2.64. The van der Waals surface area contributed by atoms with Gasteiger partial charge in [-0.15, -0.1) is 0 Å². The van der Waals surface area contributed by atoms with Gasteiger partial charge >= 0.3 is 0 Å². The monoisotopic (exact) mass is 518 g/mol. The number of carbonyl (C=O) groups excluding carboxylic acids is 1. The molecule has 168 valence electrons. The molecule has 33 heavy (non-hydrogen) atoms. The summed E-state index contributed by atoms with van der Waals surface area (Å²) in [5.74, 6) is 0.861. The number of methoxy groups -OCH3 is 1. The molecule has 1 amide bonds. The van der Waals surface area contributed by atoms with Gasteiger partial charge in [-0.25, -0.2) is 4.99 Å². The number of thioether (sulfide) groups is 1. The first-order valence-electron chi connectivity index (χ1n) is 9.71. The Bertz CT molecular complexity index is 1220. The van der Waals surface area contributed by atoms with Crippen LogP contribution in [0.4, 0.5) is 5.69 Å². The van der Waals surface area contributed by atoms with Gasteiger partial charge in [0.1, 0.15) is 12.4 Å². The third kappa shape index (κ3) is 6.03. The van der Waals surface area contributed by atoms with Gasteiger partial charge in [-0.05, 0) is 77.5 Å². The van der Waals surface area contributed by atoms with Crippen molar-refractivity contribution < 1.29 is 14.3 Å². The predicted octanol–water partition coefficient (Wildman–Crippen LogP) is 7.13. The van der Waals surface area contributed by atoms with Crippen LogP contribution in [0.5, 0.6) is 11.5 Å². The summed E-state index contributed by atoms with van der Waals surface area (Å²) in [6.07, 6.45) is 1.71. The smallest absolute Gasteiger partial charge is 0.264 e. The van der Waals surface area contributed by atoms with Crippen LogP contribution >= 0.6 is 46.6 Å². The highest BCUT2D eigenvalue weighted by molar-refractivity contribution is 8.18. The fourth-order valence-corrected chi connectivity index (χ4v) is 4.52. The Morgan fingerprint density at radius 3 is 2.30 bits per heavy atom. The van der Waals surface area contributed by atoms with Crippen molar-refractivity contribution in [1.29, 1.82) is 0 Å². The van der Waals surface area contributed by atoms with E-state index in [0.717, 1.165) is 11.3 Å². The molecule has 9 heteroatoms. The summed E-state index contributed by atoms with van der Waals surface area (Å²) >= 11 is 20.0. The molecular weight excluding hydrogens is 503 g/mol. The number of amidine groups is 1. The molecule has 1 fully saturated rings. The lowest BCUT2D eigenvalue weighted by Gasteiger charge is -2.11. The molecule has 0 bridgehead atoms. The Kier molecular flexibility index (Phi) is 7.50. The van der Waals surface area contributed by atoms with Gasteiger partial charge in [0.15, 0.2) is 10.9 Å². The first-order chi connectivity index (χ1) is 15.9. The minimum atomic E-state index is -0.248. The predicted molar refractivity (Wildman–Crippen MR) is 136 cm³/mol. The fraction of sp³-hybridized carbons (Fsp3) is 0.0833. The van der Waals surface area contributed by atoms with Gasteiger partial charge < -0.3 is 14.8 Å². The van der Waals surface area contributed by atoms with E-state index in [2.05, 4.69) is 10.3 Å². The summed E-state index contributed by atoms with van der Waals surface area (Å²) in [7, 11) is 1.60. The lowest BCUT2D eigenvalue weighted by Crippen LogP contribution is -2.19. The third-order valence-electron chi connectivity index (χ3n) is 4.57. The zero-order valence-electron chi connectivity index (χ0n) is 17.3. The molecule has 0 atom stereocenters. The van der Waals surface area contributed by atoms with E-state index >= 15 is 0 Å². The molecule has 4 rings (SSSR count). The number of rotatable bonds is 6. The normalized spacial score (nSPS) is 15.7. The van der Waals surface area contributed by atoms with Crippen molar-refractivity contribution in [2.75, 3.05) is 7.11 Å². The Labute approximate surface area is 210 Å². The van der Waals surface area contributed by atoms with E-state index in [-0.39, 0.29) is 5.91 Å². The van der Waals surface area contributed by atoms with Gasteiger partial charge in [0, 0.05) is 5.02 Å². The highest BCUT2D eigenvalue weighted by atomic mass is 35.5. The van der Waals surface area contributed by atoms with Crippen molar-refractivity contribution in [1.82, 2.24) is 5.32 Å². The van der Waals surface area contributed by atoms with E-state index in [0.29, 0.717) is 48.7 Å². The first kappa shape index (κ1) is 23.5. The fourth-order valence-electron chi connectivity index (χ4n) is 2.94. The molecule has 1 aliphatic heterocycles. The summed E-state index contributed by atoms with van der Waals surface area (Å²) < 4.78 is 10.9. The van der Waals surface area contributed by atoms with Gasteiger partial charge in [-0.3, -0.25) is 4.79 Å². The molecule has 1 aliphatic rings. The van der Waals surface area contributed by atoms with Gasteiger partial charge in [0.2, 0.25) is 0 Å². The van der Waals surface area contributed by atoms with Crippen LogP contribution in [0.15, 0.2) is 70.6 Å². The Morgan fingerprint density at radius 1 is 1.00 bits per heavy atom. The van der Waals surface area contributed by atoms with Crippen LogP contribution < -0.4 is 14.8 Å². The molecule has 0 aromatic heterocycles. The number of nitrogens with zero attached hydrogens (tertiary/aromatic N) is 1. The zero-order valence-corrected chi connectivity index (χ0v) is 20.4. The van der Waals surface area contributed by atoms with E-state index in [1.165, 1.54) is 11.8 Å². The van der Waals surface area contributed by atoms with E-state index in [4.69, 9.17) is 44.3 Å². The van der Waals surface area contributed by atoms with Crippen molar-refractivity contribution in [2.24, 2.45) is 4.99 Å². The van der Waals surface area contributed by atoms with Crippen molar-refractivity contribution in [2.45, 2.75) is 6.61 Å². The first-order valence-corrected chi connectivity index (χ1v) is 11.7. The molecule has 1 N–H and O–H groups in total. The maximum atomic E-state index is 12.4. The lowest BCUT2D eigenvalue weighted by atomic mass is 10.2. The van der Waals surface area contributed by atoms with Crippen LogP contribution in [0.3, 0.4) is 0 Å². The Balaban J connectivity index is 1.48. The molecular formula is C24H17Cl3N2O3S. The van der Waals surface area contributed by atoms with Gasteiger partial charge in [0.05, 0.1) is 27.7 Å². The minimum Gasteiger partial charge on any atom is -0.497 e. The average Bonchev–Trinajstić information content (AvgIpc) is 3.13. The number of nitrogens with one attached hydrogen (secondary N) is 1. The quantitative estimate of drug-likeness (QED) is 0.352. The number of hydrogen-bond donors (Lipinski definition) is 1. The average molecular weight is 520 g/mol. The summed E-state index contributed by atoms with van der Waals surface area (Å²) in [5.41, 5.74) is 2.31. The largest absolute Gasteiger partial charge is 0.497 e. The topological polar surface area (TPSA) is 59.9 Å². The minimum absolute atomic E-state index is 0.248. The van der Waals surface area contributed by atoms with E-state index in [9.17, 15) is 4.79 Å². The van der Waals surface area contributed by atoms with Gasteiger partial charge in [-0.2, -0.15) is 0 Å². The van der Waals surface area contributed by atoms with Crippen molar-refractivity contribution >= 4 is 69.4 Å². The third-order valence-corrected chi connectivity index (χ3v) is 6.29. The van der Waals surface area contributed by atoms with Crippen LogP contribution in [0, 0.1) is 0 Å². The molecule has 0 saturated carbocycles. The maximum absolute atomic E-state index is 12.4. The number of carbonyl (C=O) groups is 1. The summed E-state index contributed by atoms with van der Waals surface area (Å²) in [6, 6.07) is 17.9. The standard InChI is InChI=1S/C24H17Cl3N2O3S/c1-31-18-8-6-17(7-9-18)28-24-29-23(30)21(33-24)12-15-10-19(26)22(20(27)11-15)32-13-14-2-4-16(25)5-3-14/h2-12H,13H2,1H3,(H,28,29,30)/b21-12-. The molecule has 3 aromatic rings. The van der Waals surface area contributed by atoms with E-state index in [1.807, 2.05) is 24.3 Å². The van der Waals surface area contributed by atoms with E-state index < -0.39 is 0 Å². The van der Waals surface area contributed by atoms with Crippen LogP contribution in [-0.2, 0) is 11.4 Å². The van der Waals surface area contributed by atoms with Gasteiger partial charge in [-0.1, -0.05) is 46.9 Å². The lowest BCUT2D eigenvalue weighted by molar-refractivity contribution is -0.115. The molecule has 0 unspecified atom stereocenters. The molecule has 1 saturated heterocycles. The molecule has 0 spiro atoms. The van der Waals surface area contributed by atoms with Crippen LogP contribution in [0.1, 0.15) is 11.1 Å². The van der Waals surface area contributed by atoms with Crippen molar-refractivity contribution in [3.63, 3.8) is 0 Å². The summed E-state index contributed by atoms with van der Waals surface area (Å²) in [5, 5.41) is 4.59. The zero-order chi connectivity index (χ0) is 23.4. The Morgan fingerprint density at radius 2 is 1.67 bits per heavy atom. The molecule has 3 aromatic carbocycles. The maximum Gasteiger partial charge on any atom is 0.264 e. The van der Waals surface area contributed by atoms with Crippen LogP contribution in [0.25, 0.3) is 6.08 Å². The summed E-state index contributed by atoms with van der Waals surface area (Å²) in [4.78, 5) is 17.3. The van der Waals surface area contributed by atoms with Crippen molar-refractivity contribution in [3.05, 3.63) is 91.8 Å². The number of halogens is 3. The second-order valence-corrected chi connectivity index (χ2v) is 9.19. The second-order valence-electron chi connectivity index (χ2n) is 6.91. The molecule has 0 radical (unpaired) electrons. The summed E-state index contributed by atoms with van der Waals surface area (Å²) in [6.45, 7) is 0.292. The van der Waals surface area contributed by atoms with E-state index in [1.54, 1.807) is 49.6 Å². The van der Waals surface area contributed by atoms with Crippen LogP contribution in [0.2, 0.25) is 15.1 Å². The number of benzene rings is 3. The molecule has 1 heterocycles. The highest BCUT2D eigenvalue weighted by Gasteiger charge is 2.24. The van der Waals surface area contributed by atoms with Gasteiger partial charge in [0.25, 0.3) is 5.91 Å². The highest BCUT2D eigenvalue weighted by Crippen LogP contribution is 2.37. The second kappa shape index (κ2) is 10.5.